The minimum absolute atomic E-state index is 0.0790. The van der Waals surface area contributed by atoms with E-state index < -0.39 is 6.10 Å². The van der Waals surface area contributed by atoms with Crippen LogP contribution in [0.2, 0.25) is 10.0 Å². The zero-order chi connectivity index (χ0) is 13.5. The van der Waals surface area contributed by atoms with E-state index in [1.54, 1.807) is 18.2 Å². The van der Waals surface area contributed by atoms with Crippen molar-refractivity contribution in [3.05, 3.63) is 28.2 Å². The fraction of sp³-hybridized carbons (Fsp3) is 0.385. The van der Waals surface area contributed by atoms with Gasteiger partial charge in [0.25, 0.3) is 0 Å². The number of hydrogen-bond donors (Lipinski definition) is 2. The summed E-state index contributed by atoms with van der Waals surface area (Å²) in [5.41, 5.74) is 0. The van der Waals surface area contributed by atoms with Gasteiger partial charge in [-0.15, -0.1) is 6.42 Å². The van der Waals surface area contributed by atoms with Crippen molar-refractivity contribution in [1.82, 2.24) is 5.32 Å². The molecule has 5 heteroatoms. The summed E-state index contributed by atoms with van der Waals surface area (Å²) in [5.74, 6) is 3.08. The quantitative estimate of drug-likeness (QED) is 0.790. The van der Waals surface area contributed by atoms with Crippen LogP contribution in [0.4, 0.5) is 0 Å². The predicted molar refractivity (Wildman–Crippen MR) is 74.3 cm³/mol. The maximum atomic E-state index is 9.66. The Labute approximate surface area is 117 Å². The molecule has 0 aliphatic heterocycles. The number of rotatable bonds is 6. The van der Waals surface area contributed by atoms with Crippen LogP contribution in [0.15, 0.2) is 18.2 Å². The summed E-state index contributed by atoms with van der Waals surface area (Å²) in [6.07, 6.45) is 4.56. The molecule has 98 valence electrons. The van der Waals surface area contributed by atoms with Crippen LogP contribution in [0.25, 0.3) is 0 Å². The van der Waals surface area contributed by atoms with E-state index in [0.29, 0.717) is 22.3 Å². The molecule has 0 aliphatic carbocycles. The maximum Gasteiger partial charge on any atom is 0.121 e. The summed E-state index contributed by atoms with van der Waals surface area (Å²) in [7, 11) is 0. The number of halogens is 2. The zero-order valence-electron chi connectivity index (χ0n) is 9.99. The lowest BCUT2D eigenvalue weighted by Crippen LogP contribution is -2.35. The smallest absolute Gasteiger partial charge is 0.121 e. The maximum absolute atomic E-state index is 9.66. The molecule has 0 spiro atoms. The second-order valence-corrected chi connectivity index (χ2v) is 4.65. The van der Waals surface area contributed by atoms with E-state index in [4.69, 9.17) is 34.4 Å². The van der Waals surface area contributed by atoms with Crippen molar-refractivity contribution in [1.29, 1.82) is 0 Å². The molecule has 0 heterocycles. The Balaban J connectivity index is 2.36. The molecule has 0 aromatic heterocycles. The number of nitrogens with one attached hydrogen (secondary N) is 1. The first-order chi connectivity index (χ1) is 8.52. The highest BCUT2D eigenvalue weighted by molar-refractivity contribution is 6.42. The molecule has 0 saturated heterocycles. The SMILES string of the molecule is C#CC(C)NCC(O)COc1ccc(Cl)c(Cl)c1. The van der Waals surface area contributed by atoms with Crippen LogP contribution in [-0.2, 0) is 0 Å². The molecule has 18 heavy (non-hydrogen) atoms. The highest BCUT2D eigenvalue weighted by Gasteiger charge is 2.07. The average Bonchev–Trinajstić information content (AvgIpc) is 2.37. The van der Waals surface area contributed by atoms with Crippen molar-refractivity contribution < 1.29 is 9.84 Å². The van der Waals surface area contributed by atoms with Crippen molar-refractivity contribution in [3.8, 4) is 18.1 Å². The van der Waals surface area contributed by atoms with Crippen LogP contribution < -0.4 is 10.1 Å². The highest BCUT2D eigenvalue weighted by Crippen LogP contribution is 2.26. The topological polar surface area (TPSA) is 41.5 Å². The third-order valence-corrected chi connectivity index (χ3v) is 2.98. The van der Waals surface area contributed by atoms with Gasteiger partial charge in [-0.1, -0.05) is 29.1 Å². The normalized spacial score (nSPS) is 13.7. The van der Waals surface area contributed by atoms with E-state index in [2.05, 4.69) is 11.2 Å². The third-order valence-electron chi connectivity index (χ3n) is 2.24. The summed E-state index contributed by atoms with van der Waals surface area (Å²) in [5, 5.41) is 13.5. The van der Waals surface area contributed by atoms with E-state index in [-0.39, 0.29) is 12.6 Å². The van der Waals surface area contributed by atoms with Gasteiger partial charge in [-0.25, -0.2) is 0 Å². The van der Waals surface area contributed by atoms with Gasteiger partial charge in [0.1, 0.15) is 18.5 Å². The van der Waals surface area contributed by atoms with Crippen LogP contribution in [0.5, 0.6) is 5.75 Å². The summed E-state index contributed by atoms with van der Waals surface area (Å²) < 4.78 is 5.38. The number of ether oxygens (including phenoxy) is 1. The van der Waals surface area contributed by atoms with E-state index in [1.165, 1.54) is 0 Å². The Morgan fingerprint density at radius 3 is 2.78 bits per heavy atom. The van der Waals surface area contributed by atoms with Gasteiger partial charge < -0.3 is 15.2 Å². The van der Waals surface area contributed by atoms with Gasteiger partial charge in [0.05, 0.1) is 16.1 Å². The summed E-state index contributed by atoms with van der Waals surface area (Å²) >= 11 is 11.6. The van der Waals surface area contributed by atoms with Crippen molar-refractivity contribution in [3.63, 3.8) is 0 Å². The Morgan fingerprint density at radius 1 is 1.44 bits per heavy atom. The largest absolute Gasteiger partial charge is 0.491 e. The molecule has 0 bridgehead atoms. The van der Waals surface area contributed by atoms with Crippen LogP contribution in [-0.4, -0.2) is 30.4 Å². The van der Waals surface area contributed by atoms with Gasteiger partial charge >= 0.3 is 0 Å². The molecule has 2 atom stereocenters. The van der Waals surface area contributed by atoms with Gasteiger partial charge in [-0.05, 0) is 19.1 Å². The van der Waals surface area contributed by atoms with Crippen molar-refractivity contribution in [2.45, 2.75) is 19.1 Å². The molecule has 1 rings (SSSR count). The van der Waals surface area contributed by atoms with Gasteiger partial charge in [-0.2, -0.15) is 0 Å². The van der Waals surface area contributed by atoms with E-state index in [1.807, 2.05) is 6.92 Å². The van der Waals surface area contributed by atoms with Crippen molar-refractivity contribution >= 4 is 23.2 Å². The number of hydrogen-bond acceptors (Lipinski definition) is 3. The van der Waals surface area contributed by atoms with Crippen LogP contribution in [0.1, 0.15) is 6.92 Å². The third kappa shape index (κ3) is 5.16. The Morgan fingerprint density at radius 2 is 2.17 bits per heavy atom. The molecule has 1 aromatic carbocycles. The average molecular weight is 288 g/mol. The summed E-state index contributed by atoms with van der Waals surface area (Å²) in [6, 6.07) is 4.86. The first-order valence-electron chi connectivity index (χ1n) is 5.48. The van der Waals surface area contributed by atoms with Crippen molar-refractivity contribution in [2.24, 2.45) is 0 Å². The molecule has 0 radical (unpaired) electrons. The molecule has 3 nitrogen and oxygen atoms in total. The lowest BCUT2D eigenvalue weighted by atomic mass is 10.3. The van der Waals surface area contributed by atoms with Crippen LogP contribution >= 0.6 is 23.2 Å². The fourth-order valence-corrected chi connectivity index (χ4v) is 1.48. The molecule has 0 fully saturated rings. The monoisotopic (exact) mass is 287 g/mol. The number of terminal acetylenes is 1. The fourth-order valence-electron chi connectivity index (χ4n) is 1.19. The number of aliphatic hydroxyl groups is 1. The molecular weight excluding hydrogens is 273 g/mol. The molecule has 0 aliphatic rings. The molecule has 2 unspecified atom stereocenters. The molecule has 0 amide bonds. The summed E-state index contributed by atoms with van der Waals surface area (Å²) in [4.78, 5) is 0. The van der Waals surface area contributed by atoms with Crippen molar-refractivity contribution in [2.75, 3.05) is 13.2 Å². The standard InChI is InChI=1S/C13H15Cl2NO2/c1-3-9(2)16-7-10(17)8-18-11-4-5-12(14)13(15)6-11/h1,4-6,9-10,16-17H,7-8H2,2H3. The second kappa shape index (κ2) is 7.50. The van der Waals surface area contributed by atoms with E-state index in [0.717, 1.165) is 0 Å². The molecule has 2 N–H and O–H groups in total. The first-order valence-corrected chi connectivity index (χ1v) is 6.24. The number of benzene rings is 1. The minimum Gasteiger partial charge on any atom is -0.491 e. The lowest BCUT2D eigenvalue weighted by molar-refractivity contribution is 0.105. The first kappa shape index (κ1) is 15.1. The minimum atomic E-state index is -0.643. The predicted octanol–water partition coefficient (Wildman–Crippen LogP) is 2.34. The highest BCUT2D eigenvalue weighted by atomic mass is 35.5. The molecule has 1 aromatic rings. The van der Waals surface area contributed by atoms with E-state index >= 15 is 0 Å². The van der Waals surface area contributed by atoms with E-state index in [9.17, 15) is 5.11 Å². The Bertz CT molecular complexity index is 431. The Kier molecular flexibility index (Phi) is 6.31. The van der Waals surface area contributed by atoms with Gasteiger partial charge in [0.2, 0.25) is 0 Å². The molecule has 0 saturated carbocycles. The lowest BCUT2D eigenvalue weighted by Gasteiger charge is -2.14. The van der Waals surface area contributed by atoms with Crippen LogP contribution in [0.3, 0.4) is 0 Å². The Hall–Kier alpha value is -0.920. The van der Waals surface area contributed by atoms with Gasteiger partial charge in [0.15, 0.2) is 0 Å². The van der Waals surface area contributed by atoms with Gasteiger partial charge in [-0.3, -0.25) is 0 Å². The number of aliphatic hydroxyl groups excluding tert-OH is 1. The molecular formula is C13H15Cl2NO2. The van der Waals surface area contributed by atoms with Gasteiger partial charge in [0, 0.05) is 12.6 Å². The zero-order valence-corrected chi connectivity index (χ0v) is 11.5. The summed E-state index contributed by atoms with van der Waals surface area (Å²) in [6.45, 7) is 2.36. The second-order valence-electron chi connectivity index (χ2n) is 3.84. The van der Waals surface area contributed by atoms with Crippen LogP contribution in [0, 0.1) is 12.3 Å².